The number of rotatable bonds is 5. The second-order valence-corrected chi connectivity index (χ2v) is 5.61. The molecule has 110 valence electrons. The highest BCUT2D eigenvalue weighted by molar-refractivity contribution is 7.98. The van der Waals surface area contributed by atoms with Crippen LogP contribution in [-0.2, 0) is 11.3 Å². The van der Waals surface area contributed by atoms with Crippen LogP contribution >= 0.6 is 11.8 Å². The molecule has 0 aromatic heterocycles. The lowest BCUT2D eigenvalue weighted by molar-refractivity contribution is -0.127. The third kappa shape index (κ3) is 3.34. The van der Waals surface area contributed by atoms with Gasteiger partial charge in [-0.25, -0.2) is 9.18 Å². The van der Waals surface area contributed by atoms with E-state index in [0.29, 0.717) is 6.42 Å². The van der Waals surface area contributed by atoms with Crippen molar-refractivity contribution in [3.63, 3.8) is 0 Å². The largest absolute Gasteiger partial charge is 0.326 e. The van der Waals surface area contributed by atoms with Gasteiger partial charge in [0.15, 0.2) is 0 Å². The number of hydrogen-bond acceptors (Lipinski definition) is 4. The number of nitrogens with one attached hydrogen (secondary N) is 1. The van der Waals surface area contributed by atoms with Crippen molar-refractivity contribution in [1.82, 2.24) is 10.2 Å². The summed E-state index contributed by atoms with van der Waals surface area (Å²) in [6.07, 6.45) is 2.48. The van der Waals surface area contributed by atoms with Crippen molar-refractivity contribution in [2.45, 2.75) is 19.0 Å². The molecule has 2 rings (SSSR count). The fraction of sp³-hybridized carbons (Fsp3) is 0.357. The highest BCUT2D eigenvalue weighted by atomic mass is 32.2. The summed E-state index contributed by atoms with van der Waals surface area (Å²) in [7, 11) is 0. The lowest BCUT2D eigenvalue weighted by Crippen LogP contribution is -2.31. The number of thioether (sulfide) groups is 1. The van der Waals surface area contributed by atoms with Crippen LogP contribution in [0.1, 0.15) is 17.5 Å². The van der Waals surface area contributed by atoms with Gasteiger partial charge in [0.1, 0.15) is 11.9 Å². The predicted molar refractivity (Wildman–Crippen MR) is 77.0 cm³/mol. The molecule has 1 aliphatic heterocycles. The lowest BCUT2D eigenvalue weighted by Gasteiger charge is -2.13. The first-order valence-electron chi connectivity index (χ1n) is 6.36. The van der Waals surface area contributed by atoms with Crippen molar-refractivity contribution in [1.29, 1.82) is 5.26 Å². The van der Waals surface area contributed by atoms with E-state index in [1.807, 2.05) is 12.3 Å². The molecule has 1 N–H and O–H groups in total. The van der Waals surface area contributed by atoms with E-state index in [0.717, 1.165) is 16.7 Å². The average molecular weight is 307 g/mol. The molecular weight excluding hydrogens is 293 g/mol. The quantitative estimate of drug-likeness (QED) is 0.843. The van der Waals surface area contributed by atoms with Gasteiger partial charge in [-0.2, -0.15) is 17.0 Å². The molecule has 0 radical (unpaired) electrons. The molecule has 0 aliphatic carbocycles. The number of halogens is 1. The molecule has 1 atom stereocenters. The number of carbonyl (C=O) groups is 2. The molecule has 0 bridgehead atoms. The van der Waals surface area contributed by atoms with Crippen molar-refractivity contribution >= 4 is 23.7 Å². The maximum atomic E-state index is 13.8. The molecule has 0 saturated carbocycles. The summed E-state index contributed by atoms with van der Waals surface area (Å²) in [6.45, 7) is -0.127. The molecule has 0 spiro atoms. The Morgan fingerprint density at radius 1 is 1.48 bits per heavy atom. The number of nitriles is 1. The Kier molecular flexibility index (Phi) is 4.81. The Morgan fingerprint density at radius 2 is 2.24 bits per heavy atom. The van der Waals surface area contributed by atoms with Gasteiger partial charge in [-0.05, 0) is 30.6 Å². The number of nitrogens with zero attached hydrogens (tertiary/aromatic N) is 2. The van der Waals surface area contributed by atoms with Crippen LogP contribution in [0.2, 0.25) is 0 Å². The summed E-state index contributed by atoms with van der Waals surface area (Å²) >= 11 is 1.59. The Labute approximate surface area is 126 Å². The number of hydrogen-bond donors (Lipinski definition) is 1. The zero-order valence-corrected chi connectivity index (χ0v) is 12.2. The molecule has 21 heavy (non-hydrogen) atoms. The minimum absolute atomic E-state index is 0.127. The van der Waals surface area contributed by atoms with Gasteiger partial charge in [0, 0.05) is 5.56 Å². The Bertz CT molecular complexity index is 615. The first-order valence-corrected chi connectivity index (χ1v) is 7.75. The van der Waals surface area contributed by atoms with Crippen LogP contribution in [0.15, 0.2) is 18.2 Å². The lowest BCUT2D eigenvalue weighted by atomic mass is 10.1. The maximum absolute atomic E-state index is 13.8. The molecule has 5 nitrogen and oxygen atoms in total. The van der Waals surface area contributed by atoms with Crippen LogP contribution < -0.4 is 5.32 Å². The minimum atomic E-state index is -0.595. The average Bonchev–Trinajstić information content (AvgIpc) is 2.74. The number of imide groups is 1. The maximum Gasteiger partial charge on any atom is 0.325 e. The van der Waals surface area contributed by atoms with Crippen molar-refractivity contribution < 1.29 is 14.0 Å². The Morgan fingerprint density at radius 3 is 2.86 bits per heavy atom. The molecule has 1 saturated heterocycles. The summed E-state index contributed by atoms with van der Waals surface area (Å²) in [5, 5.41) is 11.3. The number of amides is 3. The van der Waals surface area contributed by atoms with E-state index in [9.17, 15) is 14.0 Å². The van der Waals surface area contributed by atoms with E-state index in [1.165, 1.54) is 12.1 Å². The Hall–Kier alpha value is -2.07. The van der Waals surface area contributed by atoms with Crippen LogP contribution in [0.5, 0.6) is 0 Å². The van der Waals surface area contributed by atoms with Gasteiger partial charge >= 0.3 is 6.03 Å². The van der Waals surface area contributed by atoms with Crippen molar-refractivity contribution in [2.24, 2.45) is 0 Å². The van der Waals surface area contributed by atoms with E-state index in [2.05, 4.69) is 5.32 Å². The highest BCUT2D eigenvalue weighted by Crippen LogP contribution is 2.18. The molecule has 3 amide bonds. The van der Waals surface area contributed by atoms with Gasteiger partial charge in [-0.1, -0.05) is 6.07 Å². The van der Waals surface area contributed by atoms with E-state index in [4.69, 9.17) is 5.26 Å². The van der Waals surface area contributed by atoms with Crippen molar-refractivity contribution in [3.8, 4) is 6.07 Å². The number of benzene rings is 1. The third-order valence-corrected chi connectivity index (χ3v) is 3.87. The summed E-state index contributed by atoms with van der Waals surface area (Å²) in [5.41, 5.74) is 0.411. The van der Waals surface area contributed by atoms with Crippen LogP contribution in [0.3, 0.4) is 0 Å². The molecule has 7 heteroatoms. The molecule has 1 aromatic rings. The fourth-order valence-corrected chi connectivity index (χ4v) is 2.54. The standard InChI is InChI=1S/C14H14FN3O2S/c1-21-5-4-12-13(19)18(14(20)17-12)8-10-3-2-9(7-16)6-11(10)15/h2-3,6,12H,4-5,8H2,1H3,(H,17,20). The summed E-state index contributed by atoms with van der Waals surface area (Å²) in [5.74, 6) is -0.171. The third-order valence-electron chi connectivity index (χ3n) is 3.23. The first-order chi connectivity index (χ1) is 10.1. The Balaban J connectivity index is 2.11. The molecular formula is C14H14FN3O2S. The molecule has 1 aliphatic rings. The van der Waals surface area contributed by atoms with Crippen LogP contribution in [0.25, 0.3) is 0 Å². The SMILES string of the molecule is CSCCC1NC(=O)N(Cc2ccc(C#N)cc2F)C1=O. The van der Waals surface area contributed by atoms with Gasteiger partial charge in [0.05, 0.1) is 18.2 Å². The molecule has 1 fully saturated rings. The fourth-order valence-electron chi connectivity index (χ4n) is 2.07. The van der Waals surface area contributed by atoms with Crippen LogP contribution in [0, 0.1) is 17.1 Å². The van der Waals surface area contributed by atoms with Gasteiger partial charge < -0.3 is 5.32 Å². The summed E-state index contributed by atoms with van der Waals surface area (Å²) < 4.78 is 13.8. The number of carbonyl (C=O) groups excluding carboxylic acids is 2. The summed E-state index contributed by atoms with van der Waals surface area (Å²) in [4.78, 5) is 24.9. The van der Waals surface area contributed by atoms with Gasteiger partial charge in [-0.3, -0.25) is 9.69 Å². The smallest absolute Gasteiger partial charge is 0.325 e. The second kappa shape index (κ2) is 6.59. The van der Waals surface area contributed by atoms with E-state index >= 15 is 0 Å². The zero-order valence-electron chi connectivity index (χ0n) is 11.4. The minimum Gasteiger partial charge on any atom is -0.326 e. The molecule has 1 heterocycles. The predicted octanol–water partition coefficient (Wildman–Crippen LogP) is 1.87. The van der Waals surface area contributed by atoms with Gasteiger partial charge in [-0.15, -0.1) is 0 Å². The van der Waals surface area contributed by atoms with Crippen molar-refractivity contribution in [3.05, 3.63) is 35.1 Å². The molecule has 1 aromatic carbocycles. The van der Waals surface area contributed by atoms with E-state index in [1.54, 1.807) is 11.8 Å². The number of urea groups is 1. The van der Waals surface area contributed by atoms with E-state index in [-0.39, 0.29) is 23.6 Å². The monoisotopic (exact) mass is 307 g/mol. The van der Waals surface area contributed by atoms with Crippen molar-refractivity contribution in [2.75, 3.05) is 12.0 Å². The van der Waals surface area contributed by atoms with Crippen LogP contribution in [-0.4, -0.2) is 34.9 Å². The molecule has 1 unspecified atom stereocenters. The second-order valence-electron chi connectivity index (χ2n) is 4.63. The van der Waals surface area contributed by atoms with Gasteiger partial charge in [0.2, 0.25) is 0 Å². The summed E-state index contributed by atoms with van der Waals surface area (Å²) in [6, 6.07) is 4.77. The normalized spacial score (nSPS) is 17.8. The van der Waals surface area contributed by atoms with E-state index < -0.39 is 17.9 Å². The first kappa shape index (κ1) is 15.3. The zero-order chi connectivity index (χ0) is 15.4. The highest BCUT2D eigenvalue weighted by Gasteiger charge is 2.37. The topological polar surface area (TPSA) is 73.2 Å². The van der Waals surface area contributed by atoms with Gasteiger partial charge in [0.25, 0.3) is 5.91 Å². The van der Waals surface area contributed by atoms with Crippen LogP contribution in [0.4, 0.5) is 9.18 Å².